The minimum Gasteiger partial charge on any atom is -0.365 e. The number of thioether (sulfide) groups is 1. The Morgan fingerprint density at radius 2 is 1.67 bits per heavy atom. The zero-order valence-electron chi connectivity index (χ0n) is 26.9. The summed E-state index contributed by atoms with van der Waals surface area (Å²) in [6.07, 6.45) is 18.4. The highest BCUT2D eigenvalue weighted by Gasteiger charge is 2.23. The van der Waals surface area contributed by atoms with E-state index in [2.05, 4.69) is 44.9 Å². The quantitative estimate of drug-likeness (QED) is 0.0858. The monoisotopic (exact) mass is 651 g/mol. The van der Waals surface area contributed by atoms with Gasteiger partial charge in [-0.2, -0.15) is 9.97 Å². The van der Waals surface area contributed by atoms with E-state index in [-0.39, 0.29) is 18.4 Å². The van der Waals surface area contributed by atoms with Gasteiger partial charge in [-0.1, -0.05) is 32.1 Å². The third-order valence-electron chi connectivity index (χ3n) is 8.95. The number of rotatable bonds is 15. The Morgan fingerprint density at radius 3 is 2.46 bits per heavy atom. The fourth-order valence-corrected chi connectivity index (χ4v) is 7.26. The molecule has 2 aromatic heterocycles. The smallest absolute Gasteiger partial charge is 0.243 e. The lowest BCUT2D eigenvalue weighted by atomic mass is 9.95. The first-order valence-corrected chi connectivity index (χ1v) is 18.4. The minimum absolute atomic E-state index is 0.0408. The summed E-state index contributed by atoms with van der Waals surface area (Å²) in [7, 11) is 0. The molecule has 2 atom stereocenters. The van der Waals surface area contributed by atoms with E-state index < -0.39 is 0 Å². The molecule has 3 aromatic rings. The van der Waals surface area contributed by atoms with Crippen molar-refractivity contribution in [2.75, 3.05) is 29.6 Å². The summed E-state index contributed by atoms with van der Waals surface area (Å²) in [6.45, 7) is 1.47. The molecule has 1 aliphatic carbocycles. The van der Waals surface area contributed by atoms with Gasteiger partial charge in [0.25, 0.3) is 0 Å². The number of unbranched alkanes of at least 4 members (excludes halogenated alkanes) is 3. The Bertz CT molecular complexity index is 1370. The molecule has 6 rings (SSSR count). The maximum atomic E-state index is 12.0. The normalized spacial score (nSPS) is 20.9. The number of hydrogen-bond donors (Lipinski definition) is 3. The van der Waals surface area contributed by atoms with Crippen LogP contribution in [0, 0.1) is 0 Å². The highest BCUT2D eigenvalue weighted by atomic mass is 32.2. The number of carbonyl (C=O) groups excluding carboxylic acids is 1. The fourth-order valence-electron chi connectivity index (χ4n) is 6.35. The van der Waals surface area contributed by atoms with E-state index in [1.54, 1.807) is 0 Å². The van der Waals surface area contributed by atoms with Gasteiger partial charge in [0, 0.05) is 42.7 Å². The lowest BCUT2D eigenvalue weighted by Gasteiger charge is -2.25. The summed E-state index contributed by atoms with van der Waals surface area (Å²) < 4.78 is 13.6. The summed E-state index contributed by atoms with van der Waals surface area (Å²) in [5.41, 5.74) is 5.10. The molecule has 2 unspecified atom stereocenters. The first-order chi connectivity index (χ1) is 22.7. The highest BCUT2D eigenvalue weighted by Crippen LogP contribution is 2.31. The fraction of sp³-hybridized carbons (Fsp3) is 0.647. The van der Waals surface area contributed by atoms with E-state index in [0.717, 1.165) is 112 Å². The average molecular weight is 652 g/mol. The first kappa shape index (κ1) is 33.0. The third kappa shape index (κ3) is 9.56. The second-order valence-electron chi connectivity index (χ2n) is 12.6. The number of imidazole rings is 1. The van der Waals surface area contributed by atoms with Crippen LogP contribution in [0.15, 0.2) is 35.5 Å². The lowest BCUT2D eigenvalue weighted by Crippen LogP contribution is -2.32. The van der Waals surface area contributed by atoms with Crippen molar-refractivity contribution in [1.29, 1.82) is 0 Å². The molecule has 3 N–H and O–H groups in total. The number of ether oxygens (including phenoxy) is 2. The Balaban J connectivity index is 0.971. The number of amides is 1. The molecule has 4 heterocycles. The predicted octanol–water partition coefficient (Wildman–Crippen LogP) is 7.63. The molecule has 1 saturated carbocycles. The molecule has 2 aliphatic heterocycles. The van der Waals surface area contributed by atoms with Gasteiger partial charge >= 0.3 is 0 Å². The van der Waals surface area contributed by atoms with Crippen LogP contribution >= 0.6 is 11.8 Å². The Kier molecular flexibility index (Phi) is 12.4. The SMILES string of the molecule is O=C(CCCCCCSc1ccc(Nc2nc(NC3CCCCC3)c3ncn(C4CCCCO4)c3n2)cc1)NOC1CCCCO1. The van der Waals surface area contributed by atoms with Gasteiger partial charge in [0.05, 0.1) is 6.33 Å². The Labute approximate surface area is 276 Å². The number of nitrogens with zero attached hydrogens (tertiary/aromatic N) is 4. The molecule has 1 aromatic carbocycles. The second-order valence-corrected chi connectivity index (χ2v) is 13.8. The van der Waals surface area contributed by atoms with Gasteiger partial charge in [-0.15, -0.1) is 11.8 Å². The molecule has 0 radical (unpaired) electrons. The summed E-state index contributed by atoms with van der Waals surface area (Å²) in [5, 5.41) is 7.15. The molecular weight excluding hydrogens is 602 g/mol. The lowest BCUT2D eigenvalue weighted by molar-refractivity contribution is -0.200. The number of benzene rings is 1. The van der Waals surface area contributed by atoms with Gasteiger partial charge in [-0.3, -0.25) is 9.36 Å². The van der Waals surface area contributed by atoms with Crippen LogP contribution in [0.5, 0.6) is 0 Å². The van der Waals surface area contributed by atoms with E-state index in [9.17, 15) is 4.79 Å². The Hall–Kier alpha value is -2.93. The van der Waals surface area contributed by atoms with E-state index in [1.165, 1.54) is 24.2 Å². The molecule has 46 heavy (non-hydrogen) atoms. The molecule has 3 fully saturated rings. The molecule has 1 amide bonds. The number of hydroxylamine groups is 1. The number of aromatic nitrogens is 4. The van der Waals surface area contributed by atoms with Gasteiger partial charge in [0.2, 0.25) is 11.9 Å². The Morgan fingerprint density at radius 1 is 0.891 bits per heavy atom. The van der Waals surface area contributed by atoms with Gasteiger partial charge in [-0.25, -0.2) is 15.3 Å². The number of anilines is 3. The predicted molar refractivity (Wildman–Crippen MR) is 181 cm³/mol. The molecule has 2 saturated heterocycles. The second kappa shape index (κ2) is 17.3. The van der Waals surface area contributed by atoms with Crippen LogP contribution in [0.4, 0.5) is 17.5 Å². The number of hydrogen-bond acceptors (Lipinski definition) is 10. The van der Waals surface area contributed by atoms with Crippen molar-refractivity contribution >= 4 is 46.3 Å². The molecule has 0 bridgehead atoms. The average Bonchev–Trinajstić information content (AvgIpc) is 3.53. The molecule has 0 spiro atoms. The van der Waals surface area contributed by atoms with E-state index in [4.69, 9.17) is 29.3 Å². The van der Waals surface area contributed by atoms with Crippen molar-refractivity contribution in [3.05, 3.63) is 30.6 Å². The third-order valence-corrected chi connectivity index (χ3v) is 10.1. The van der Waals surface area contributed by atoms with Crippen LogP contribution in [0.1, 0.15) is 109 Å². The van der Waals surface area contributed by atoms with Crippen molar-refractivity contribution < 1.29 is 19.1 Å². The topological polar surface area (TPSA) is 124 Å². The van der Waals surface area contributed by atoms with Crippen LogP contribution in [0.25, 0.3) is 11.2 Å². The van der Waals surface area contributed by atoms with Crippen molar-refractivity contribution in [3.8, 4) is 0 Å². The molecule has 11 nitrogen and oxygen atoms in total. The van der Waals surface area contributed by atoms with Crippen LogP contribution in [-0.4, -0.2) is 56.7 Å². The van der Waals surface area contributed by atoms with Crippen LogP contribution in [0.3, 0.4) is 0 Å². The van der Waals surface area contributed by atoms with Crippen molar-refractivity contribution in [1.82, 2.24) is 25.0 Å². The van der Waals surface area contributed by atoms with Crippen LogP contribution in [-0.2, 0) is 19.1 Å². The zero-order chi connectivity index (χ0) is 31.4. The molecular formula is C34H49N7O4S. The van der Waals surface area contributed by atoms with Crippen LogP contribution in [0.2, 0.25) is 0 Å². The summed E-state index contributed by atoms with van der Waals surface area (Å²) in [4.78, 5) is 33.2. The number of nitrogens with one attached hydrogen (secondary N) is 3. The maximum absolute atomic E-state index is 12.0. The van der Waals surface area contributed by atoms with E-state index >= 15 is 0 Å². The molecule has 3 aliphatic rings. The van der Waals surface area contributed by atoms with Crippen molar-refractivity contribution in [3.63, 3.8) is 0 Å². The number of carbonyl (C=O) groups is 1. The van der Waals surface area contributed by atoms with Gasteiger partial charge in [-0.05, 0) is 87.8 Å². The first-order valence-electron chi connectivity index (χ1n) is 17.4. The molecule has 250 valence electrons. The van der Waals surface area contributed by atoms with Gasteiger partial charge in [0.15, 0.2) is 23.3 Å². The summed E-state index contributed by atoms with van der Waals surface area (Å²) in [5.74, 6) is 2.34. The van der Waals surface area contributed by atoms with E-state index in [0.29, 0.717) is 25.0 Å². The summed E-state index contributed by atoms with van der Waals surface area (Å²) in [6, 6.07) is 8.88. The largest absolute Gasteiger partial charge is 0.365 e. The molecule has 12 heteroatoms. The summed E-state index contributed by atoms with van der Waals surface area (Å²) >= 11 is 1.86. The minimum atomic E-state index is -0.296. The number of fused-ring (bicyclic) bond motifs is 1. The highest BCUT2D eigenvalue weighted by molar-refractivity contribution is 7.99. The van der Waals surface area contributed by atoms with E-state index in [1.807, 2.05) is 18.1 Å². The van der Waals surface area contributed by atoms with Crippen molar-refractivity contribution in [2.24, 2.45) is 0 Å². The maximum Gasteiger partial charge on any atom is 0.243 e. The zero-order valence-corrected chi connectivity index (χ0v) is 27.7. The van der Waals surface area contributed by atoms with Gasteiger partial charge < -0.3 is 20.1 Å². The van der Waals surface area contributed by atoms with Crippen molar-refractivity contribution in [2.45, 2.75) is 126 Å². The standard InChI is InChI=1S/C34H49N7O4S/c42-28(40-45-30-16-8-10-22-44-30)14-6-1-2-11-23-46-27-19-17-26(18-20-27)37-34-38-32(36-25-12-4-3-5-13-25)31-33(39-34)41(24-35-31)29-15-7-9-21-43-29/h17-20,24-25,29-30H,1-16,21-23H2,(H,40,42)(H2,36,37,38,39). The van der Waals surface area contributed by atoms with Crippen LogP contribution < -0.4 is 16.1 Å². The van der Waals surface area contributed by atoms with Gasteiger partial charge in [0.1, 0.15) is 6.23 Å².